The molecule has 0 fully saturated rings. The van der Waals surface area contributed by atoms with Crippen LogP contribution in [0.5, 0.6) is 0 Å². The monoisotopic (exact) mass is 291 g/mol. The highest BCUT2D eigenvalue weighted by molar-refractivity contribution is 6.30. The highest BCUT2D eigenvalue weighted by Gasteiger charge is 2.12. The van der Waals surface area contributed by atoms with Crippen molar-refractivity contribution in [2.45, 2.75) is 19.3 Å². The van der Waals surface area contributed by atoms with Gasteiger partial charge < -0.3 is 5.32 Å². The lowest BCUT2D eigenvalue weighted by Gasteiger charge is -2.18. The SMILES string of the molecule is CCNCC(Cc1ccc(F)cc1)c1cccc(Cl)c1. The normalized spacial score (nSPS) is 12.3. The van der Waals surface area contributed by atoms with E-state index in [0.29, 0.717) is 5.92 Å². The Hall–Kier alpha value is -1.38. The number of nitrogens with one attached hydrogen (secondary N) is 1. The fourth-order valence-electron chi connectivity index (χ4n) is 2.29. The van der Waals surface area contributed by atoms with Crippen LogP contribution in [0.15, 0.2) is 48.5 Å². The van der Waals surface area contributed by atoms with Gasteiger partial charge in [0.05, 0.1) is 0 Å². The van der Waals surface area contributed by atoms with Crippen LogP contribution in [0.25, 0.3) is 0 Å². The van der Waals surface area contributed by atoms with Crippen molar-refractivity contribution < 1.29 is 4.39 Å². The van der Waals surface area contributed by atoms with Crippen LogP contribution in [-0.4, -0.2) is 13.1 Å². The van der Waals surface area contributed by atoms with E-state index in [4.69, 9.17) is 11.6 Å². The topological polar surface area (TPSA) is 12.0 Å². The molecule has 0 aliphatic heterocycles. The molecule has 0 saturated heterocycles. The van der Waals surface area contributed by atoms with Crippen LogP contribution in [0.2, 0.25) is 5.02 Å². The summed E-state index contributed by atoms with van der Waals surface area (Å²) in [4.78, 5) is 0. The van der Waals surface area contributed by atoms with Crippen LogP contribution < -0.4 is 5.32 Å². The van der Waals surface area contributed by atoms with Crippen LogP contribution in [0.4, 0.5) is 4.39 Å². The van der Waals surface area contributed by atoms with Crippen LogP contribution in [-0.2, 0) is 6.42 Å². The van der Waals surface area contributed by atoms with Crippen LogP contribution in [0, 0.1) is 5.82 Å². The second kappa shape index (κ2) is 7.41. The van der Waals surface area contributed by atoms with Gasteiger partial charge in [-0.3, -0.25) is 0 Å². The minimum Gasteiger partial charge on any atom is -0.316 e. The average molecular weight is 292 g/mol. The maximum absolute atomic E-state index is 13.0. The van der Waals surface area contributed by atoms with E-state index >= 15 is 0 Å². The van der Waals surface area contributed by atoms with Crippen molar-refractivity contribution in [3.05, 3.63) is 70.5 Å². The molecule has 106 valence electrons. The summed E-state index contributed by atoms with van der Waals surface area (Å²) in [7, 11) is 0. The molecule has 1 unspecified atom stereocenters. The summed E-state index contributed by atoms with van der Waals surface area (Å²) in [6.45, 7) is 3.90. The van der Waals surface area contributed by atoms with Crippen molar-refractivity contribution >= 4 is 11.6 Å². The highest BCUT2D eigenvalue weighted by Crippen LogP contribution is 2.23. The molecule has 1 N–H and O–H groups in total. The summed E-state index contributed by atoms with van der Waals surface area (Å²) >= 11 is 6.08. The van der Waals surface area contributed by atoms with Gasteiger partial charge in [-0.1, -0.05) is 42.8 Å². The molecule has 3 heteroatoms. The Labute approximate surface area is 124 Å². The third kappa shape index (κ3) is 4.32. The molecule has 0 saturated carbocycles. The average Bonchev–Trinajstić information content (AvgIpc) is 2.45. The van der Waals surface area contributed by atoms with Gasteiger partial charge in [0.1, 0.15) is 5.82 Å². The van der Waals surface area contributed by atoms with Crippen LogP contribution in [0.3, 0.4) is 0 Å². The Morgan fingerprint density at radius 1 is 1.15 bits per heavy atom. The van der Waals surface area contributed by atoms with Crippen molar-refractivity contribution in [2.75, 3.05) is 13.1 Å². The number of likely N-dealkylation sites (N-methyl/N-ethyl adjacent to an activating group) is 1. The zero-order chi connectivity index (χ0) is 14.4. The van der Waals surface area contributed by atoms with Gasteiger partial charge in [0.2, 0.25) is 0 Å². The molecule has 1 atom stereocenters. The minimum absolute atomic E-state index is 0.195. The molecular formula is C17H19ClFN. The summed E-state index contributed by atoms with van der Waals surface area (Å²) < 4.78 is 13.0. The number of rotatable bonds is 6. The molecule has 0 aliphatic carbocycles. The van der Waals surface area contributed by atoms with E-state index in [0.717, 1.165) is 30.1 Å². The lowest BCUT2D eigenvalue weighted by Crippen LogP contribution is -2.22. The van der Waals surface area contributed by atoms with Crippen molar-refractivity contribution in [2.24, 2.45) is 0 Å². The Bertz CT molecular complexity index is 539. The number of hydrogen-bond acceptors (Lipinski definition) is 1. The highest BCUT2D eigenvalue weighted by atomic mass is 35.5. The second-order valence-electron chi connectivity index (χ2n) is 4.89. The molecule has 0 bridgehead atoms. The summed E-state index contributed by atoms with van der Waals surface area (Å²) in [5.41, 5.74) is 2.34. The predicted molar refractivity (Wildman–Crippen MR) is 82.8 cm³/mol. The maximum Gasteiger partial charge on any atom is 0.123 e. The third-order valence-corrected chi connectivity index (χ3v) is 3.59. The van der Waals surface area contributed by atoms with Gasteiger partial charge in [-0.05, 0) is 48.4 Å². The Kier molecular flexibility index (Phi) is 5.57. The fourth-order valence-corrected chi connectivity index (χ4v) is 2.49. The van der Waals surface area contributed by atoms with Gasteiger partial charge in [-0.2, -0.15) is 0 Å². The first-order valence-electron chi connectivity index (χ1n) is 6.89. The molecule has 2 aromatic rings. The summed E-state index contributed by atoms with van der Waals surface area (Å²) in [5.74, 6) is 0.138. The Morgan fingerprint density at radius 2 is 1.90 bits per heavy atom. The van der Waals surface area contributed by atoms with Crippen molar-refractivity contribution in [1.82, 2.24) is 5.32 Å². The first-order chi connectivity index (χ1) is 9.69. The van der Waals surface area contributed by atoms with E-state index in [9.17, 15) is 4.39 Å². The molecule has 0 heterocycles. The first kappa shape index (κ1) is 15.0. The number of benzene rings is 2. The first-order valence-corrected chi connectivity index (χ1v) is 7.27. The van der Waals surface area contributed by atoms with E-state index in [2.05, 4.69) is 18.3 Å². The van der Waals surface area contributed by atoms with E-state index in [-0.39, 0.29) is 5.82 Å². The van der Waals surface area contributed by atoms with Gasteiger partial charge in [0.25, 0.3) is 0 Å². The van der Waals surface area contributed by atoms with Gasteiger partial charge in [0.15, 0.2) is 0 Å². The molecule has 0 radical (unpaired) electrons. The summed E-state index contributed by atoms with van der Waals surface area (Å²) in [6, 6.07) is 14.7. The zero-order valence-electron chi connectivity index (χ0n) is 11.6. The molecular weight excluding hydrogens is 273 g/mol. The van der Waals surface area contributed by atoms with Gasteiger partial charge in [-0.15, -0.1) is 0 Å². The largest absolute Gasteiger partial charge is 0.316 e. The smallest absolute Gasteiger partial charge is 0.123 e. The molecule has 2 aromatic carbocycles. The fraction of sp³-hybridized carbons (Fsp3) is 0.294. The summed E-state index contributed by atoms with van der Waals surface area (Å²) in [6.07, 6.45) is 0.869. The molecule has 20 heavy (non-hydrogen) atoms. The number of halogens is 2. The standard InChI is InChI=1S/C17H19ClFN/c1-2-20-12-15(14-4-3-5-16(18)11-14)10-13-6-8-17(19)9-7-13/h3-9,11,15,20H,2,10,12H2,1H3. The predicted octanol–water partition coefficient (Wildman–Crippen LogP) is 4.41. The van der Waals surface area contributed by atoms with E-state index in [1.165, 1.54) is 17.7 Å². The van der Waals surface area contributed by atoms with Gasteiger partial charge in [-0.25, -0.2) is 4.39 Å². The molecule has 1 nitrogen and oxygen atoms in total. The zero-order valence-corrected chi connectivity index (χ0v) is 12.3. The quantitative estimate of drug-likeness (QED) is 0.831. The lowest BCUT2D eigenvalue weighted by atomic mass is 9.92. The number of hydrogen-bond donors (Lipinski definition) is 1. The third-order valence-electron chi connectivity index (χ3n) is 3.36. The second-order valence-corrected chi connectivity index (χ2v) is 5.33. The molecule has 2 rings (SSSR count). The van der Waals surface area contributed by atoms with Crippen LogP contribution in [0.1, 0.15) is 24.0 Å². The van der Waals surface area contributed by atoms with E-state index in [1.807, 2.05) is 30.3 Å². The van der Waals surface area contributed by atoms with Crippen LogP contribution >= 0.6 is 11.6 Å². The van der Waals surface area contributed by atoms with Crippen molar-refractivity contribution in [3.63, 3.8) is 0 Å². The molecule has 0 amide bonds. The molecule has 0 spiro atoms. The van der Waals surface area contributed by atoms with E-state index < -0.39 is 0 Å². The van der Waals surface area contributed by atoms with Crippen molar-refractivity contribution in [3.8, 4) is 0 Å². The minimum atomic E-state index is -0.195. The van der Waals surface area contributed by atoms with E-state index in [1.54, 1.807) is 0 Å². The van der Waals surface area contributed by atoms with Crippen molar-refractivity contribution in [1.29, 1.82) is 0 Å². The maximum atomic E-state index is 13.0. The Balaban J connectivity index is 2.16. The Morgan fingerprint density at radius 3 is 2.55 bits per heavy atom. The summed E-state index contributed by atoms with van der Waals surface area (Å²) in [5, 5.41) is 4.13. The molecule has 0 aromatic heterocycles. The van der Waals surface area contributed by atoms with Gasteiger partial charge in [0, 0.05) is 17.5 Å². The van der Waals surface area contributed by atoms with Gasteiger partial charge >= 0.3 is 0 Å². The lowest BCUT2D eigenvalue weighted by molar-refractivity contribution is 0.592. The molecule has 0 aliphatic rings.